The number of hydrogen-bond acceptors (Lipinski definition) is 4. The fraction of sp³-hybridized carbons (Fsp3) is 0.600. The molecule has 0 spiro atoms. The van der Waals surface area contributed by atoms with E-state index < -0.39 is 11.1 Å². The molecule has 0 aliphatic heterocycles. The summed E-state index contributed by atoms with van der Waals surface area (Å²) < 4.78 is 0. The van der Waals surface area contributed by atoms with E-state index >= 15 is 0 Å². The number of allylic oxidation sites excluding steroid dienone is 3. The molecule has 0 bridgehead atoms. The molecule has 0 aromatic rings. The lowest BCUT2D eigenvalue weighted by molar-refractivity contribution is -0.483. The van der Waals surface area contributed by atoms with E-state index in [1.54, 1.807) is 0 Å². The predicted molar refractivity (Wildman–Crippen MR) is 58.9 cm³/mol. The Morgan fingerprint density at radius 1 is 1.67 bits per heavy atom. The highest BCUT2D eigenvalue weighted by Gasteiger charge is 2.15. The maximum atomic E-state index is 10.2. The number of nitrogens with one attached hydrogen (secondary N) is 1. The van der Waals surface area contributed by atoms with Crippen LogP contribution in [0.15, 0.2) is 23.8 Å². The standard InChI is InChI=1S/C10H17N3O2/c1-8(9-5-3-2-4-6-9)12-10(11)7-13(14)15/h2-3,6,8,10,12H,4-5,7,11H2,1H3. The van der Waals surface area contributed by atoms with Crippen molar-refractivity contribution in [2.24, 2.45) is 5.73 Å². The van der Waals surface area contributed by atoms with Crippen molar-refractivity contribution in [3.05, 3.63) is 33.9 Å². The second-order valence-corrected chi connectivity index (χ2v) is 3.70. The summed E-state index contributed by atoms with van der Waals surface area (Å²) >= 11 is 0. The molecular formula is C10H17N3O2. The molecule has 84 valence electrons. The molecule has 1 aliphatic rings. The second kappa shape index (κ2) is 5.63. The average molecular weight is 211 g/mol. The van der Waals surface area contributed by atoms with Crippen LogP contribution in [0.5, 0.6) is 0 Å². The molecule has 0 aromatic carbocycles. The Kier molecular flexibility index (Phi) is 4.45. The molecule has 0 radical (unpaired) electrons. The van der Waals surface area contributed by atoms with Gasteiger partial charge in [0.25, 0.3) is 0 Å². The highest BCUT2D eigenvalue weighted by Crippen LogP contribution is 2.14. The van der Waals surface area contributed by atoms with Crippen molar-refractivity contribution in [1.82, 2.24) is 5.32 Å². The van der Waals surface area contributed by atoms with Crippen LogP contribution in [0.3, 0.4) is 0 Å². The Balaban J connectivity index is 2.37. The lowest BCUT2D eigenvalue weighted by Gasteiger charge is -2.21. The first-order valence-corrected chi connectivity index (χ1v) is 5.07. The third kappa shape index (κ3) is 4.22. The molecule has 1 rings (SSSR count). The van der Waals surface area contributed by atoms with E-state index in [0.717, 1.165) is 12.8 Å². The number of nitrogens with zero attached hydrogens (tertiary/aromatic N) is 1. The van der Waals surface area contributed by atoms with Gasteiger partial charge in [-0.15, -0.1) is 0 Å². The zero-order valence-electron chi connectivity index (χ0n) is 8.85. The van der Waals surface area contributed by atoms with E-state index in [1.165, 1.54) is 5.57 Å². The summed E-state index contributed by atoms with van der Waals surface area (Å²) in [4.78, 5) is 9.82. The van der Waals surface area contributed by atoms with Crippen LogP contribution in [-0.4, -0.2) is 23.7 Å². The molecule has 2 unspecified atom stereocenters. The molecule has 5 heteroatoms. The quantitative estimate of drug-likeness (QED) is 0.305. The third-order valence-electron chi connectivity index (χ3n) is 2.40. The van der Waals surface area contributed by atoms with Gasteiger partial charge in [0.15, 0.2) is 0 Å². The third-order valence-corrected chi connectivity index (χ3v) is 2.40. The molecule has 2 atom stereocenters. The molecule has 5 nitrogen and oxygen atoms in total. The molecule has 0 amide bonds. The van der Waals surface area contributed by atoms with E-state index in [9.17, 15) is 10.1 Å². The Bertz CT molecular complexity index is 286. The highest BCUT2D eigenvalue weighted by molar-refractivity contribution is 5.19. The number of hydrogen-bond donors (Lipinski definition) is 2. The van der Waals surface area contributed by atoms with E-state index in [1.807, 2.05) is 6.92 Å². The van der Waals surface area contributed by atoms with Gasteiger partial charge in [-0.3, -0.25) is 15.4 Å². The van der Waals surface area contributed by atoms with Gasteiger partial charge >= 0.3 is 0 Å². The summed E-state index contributed by atoms with van der Waals surface area (Å²) in [6.45, 7) is 1.73. The summed E-state index contributed by atoms with van der Waals surface area (Å²) in [7, 11) is 0. The summed E-state index contributed by atoms with van der Waals surface area (Å²) in [6.07, 6.45) is 7.60. The van der Waals surface area contributed by atoms with Crippen LogP contribution in [-0.2, 0) is 0 Å². The SMILES string of the molecule is CC(NC(N)C[N+](=O)[O-])C1=CCC=CC1. The number of rotatable bonds is 5. The Morgan fingerprint density at radius 3 is 2.93 bits per heavy atom. The van der Waals surface area contributed by atoms with Gasteiger partial charge in [0.2, 0.25) is 6.54 Å². The van der Waals surface area contributed by atoms with Crippen molar-refractivity contribution in [1.29, 1.82) is 0 Å². The maximum Gasteiger partial charge on any atom is 0.231 e. The number of nitrogens with two attached hydrogens (primary N) is 1. The second-order valence-electron chi connectivity index (χ2n) is 3.70. The summed E-state index contributed by atoms with van der Waals surface area (Å²) in [5, 5.41) is 13.2. The van der Waals surface area contributed by atoms with E-state index in [4.69, 9.17) is 5.73 Å². The fourth-order valence-electron chi connectivity index (χ4n) is 1.61. The van der Waals surface area contributed by atoms with Gasteiger partial charge in [-0.2, -0.15) is 0 Å². The minimum atomic E-state index is -0.582. The zero-order valence-corrected chi connectivity index (χ0v) is 8.85. The van der Waals surface area contributed by atoms with E-state index in [0.29, 0.717) is 0 Å². The highest BCUT2D eigenvalue weighted by atomic mass is 16.6. The zero-order chi connectivity index (χ0) is 11.3. The summed E-state index contributed by atoms with van der Waals surface area (Å²) in [5.41, 5.74) is 6.83. The van der Waals surface area contributed by atoms with Gasteiger partial charge in [-0.1, -0.05) is 23.8 Å². The smallest absolute Gasteiger partial charge is 0.231 e. The Morgan fingerprint density at radius 2 is 2.40 bits per heavy atom. The molecule has 0 aromatic heterocycles. The molecule has 15 heavy (non-hydrogen) atoms. The topological polar surface area (TPSA) is 81.2 Å². The Labute approximate surface area is 89.2 Å². The van der Waals surface area contributed by atoms with Crippen LogP contribution in [0.25, 0.3) is 0 Å². The van der Waals surface area contributed by atoms with Crippen LogP contribution >= 0.6 is 0 Å². The van der Waals surface area contributed by atoms with Crippen molar-refractivity contribution >= 4 is 0 Å². The van der Waals surface area contributed by atoms with Crippen molar-refractivity contribution in [3.63, 3.8) is 0 Å². The van der Waals surface area contributed by atoms with E-state index in [-0.39, 0.29) is 12.6 Å². The lowest BCUT2D eigenvalue weighted by Crippen LogP contribution is -2.47. The van der Waals surface area contributed by atoms with Crippen LogP contribution in [0.4, 0.5) is 0 Å². The van der Waals surface area contributed by atoms with Crippen LogP contribution < -0.4 is 11.1 Å². The molecular weight excluding hydrogens is 194 g/mol. The minimum Gasteiger partial charge on any atom is -0.310 e. The largest absolute Gasteiger partial charge is 0.310 e. The maximum absolute atomic E-state index is 10.2. The minimum absolute atomic E-state index is 0.102. The molecule has 0 fully saturated rings. The van der Waals surface area contributed by atoms with Gasteiger partial charge in [0.1, 0.15) is 6.17 Å². The molecule has 3 N–H and O–H groups in total. The fourth-order valence-corrected chi connectivity index (χ4v) is 1.61. The van der Waals surface area contributed by atoms with Gasteiger partial charge in [-0.05, 0) is 19.8 Å². The summed E-state index contributed by atoms with van der Waals surface area (Å²) in [6, 6.07) is 0.102. The van der Waals surface area contributed by atoms with Gasteiger partial charge in [0, 0.05) is 11.0 Å². The van der Waals surface area contributed by atoms with Crippen molar-refractivity contribution < 1.29 is 4.92 Å². The van der Waals surface area contributed by atoms with Crippen molar-refractivity contribution in [2.45, 2.75) is 32.0 Å². The molecule has 0 heterocycles. The normalized spacial score (nSPS) is 19.5. The predicted octanol–water partition coefficient (Wildman–Crippen LogP) is 0.802. The number of nitro groups is 1. The monoisotopic (exact) mass is 211 g/mol. The first kappa shape index (κ1) is 11.9. The summed E-state index contributed by atoms with van der Waals surface area (Å²) in [5.74, 6) is 0. The lowest BCUT2D eigenvalue weighted by atomic mass is 9.99. The molecule has 0 saturated heterocycles. The van der Waals surface area contributed by atoms with Gasteiger partial charge in [-0.25, -0.2) is 0 Å². The molecule has 0 saturated carbocycles. The van der Waals surface area contributed by atoms with Crippen LogP contribution in [0.2, 0.25) is 0 Å². The van der Waals surface area contributed by atoms with Crippen molar-refractivity contribution in [3.8, 4) is 0 Å². The van der Waals surface area contributed by atoms with Crippen molar-refractivity contribution in [2.75, 3.05) is 6.54 Å². The Hall–Kier alpha value is -1.20. The average Bonchev–Trinajstić information content (AvgIpc) is 2.17. The van der Waals surface area contributed by atoms with Crippen LogP contribution in [0.1, 0.15) is 19.8 Å². The van der Waals surface area contributed by atoms with Gasteiger partial charge < -0.3 is 5.73 Å². The van der Waals surface area contributed by atoms with Crippen LogP contribution in [0, 0.1) is 10.1 Å². The van der Waals surface area contributed by atoms with Gasteiger partial charge in [0.05, 0.1) is 0 Å². The van der Waals surface area contributed by atoms with E-state index in [2.05, 4.69) is 23.5 Å². The first-order valence-electron chi connectivity index (χ1n) is 5.07. The molecule has 1 aliphatic carbocycles. The first-order chi connectivity index (χ1) is 7.09.